The maximum atomic E-state index is 3.53. The molecule has 0 unspecified atom stereocenters. The number of aryl methyl sites for hydroxylation is 1. The van der Waals surface area contributed by atoms with Gasteiger partial charge in [-0.2, -0.15) is 12.6 Å². The lowest BCUT2D eigenvalue weighted by atomic mass is 9.73. The predicted molar refractivity (Wildman–Crippen MR) is 86.3 cm³/mol. The van der Waals surface area contributed by atoms with Crippen molar-refractivity contribution in [3.63, 3.8) is 0 Å². The van der Waals surface area contributed by atoms with E-state index in [1.165, 1.54) is 30.4 Å². The van der Waals surface area contributed by atoms with Crippen molar-refractivity contribution >= 4 is 18.2 Å². The second kappa shape index (κ2) is 6.47. The summed E-state index contributed by atoms with van der Waals surface area (Å²) in [4.78, 5) is 0. The van der Waals surface area contributed by atoms with Crippen LogP contribution in [0.2, 0.25) is 0 Å². The summed E-state index contributed by atoms with van der Waals surface area (Å²) in [5.74, 6) is 0. The van der Waals surface area contributed by atoms with E-state index in [-0.39, 0.29) is 0 Å². The van der Waals surface area contributed by atoms with Crippen LogP contribution >= 0.6 is 12.6 Å². The SMILES string of the molecule is CC1=C(c2ccc(C)cc2)CC(C)(C)CC1.CS. The van der Waals surface area contributed by atoms with Gasteiger partial charge < -0.3 is 0 Å². The molecule has 0 spiro atoms. The first-order valence-electron chi connectivity index (χ1n) is 6.68. The van der Waals surface area contributed by atoms with Crippen LogP contribution in [0.15, 0.2) is 29.8 Å². The minimum absolute atomic E-state index is 0.472. The zero-order chi connectivity index (χ0) is 13.8. The molecule has 0 heterocycles. The maximum absolute atomic E-state index is 3.53. The summed E-state index contributed by atoms with van der Waals surface area (Å²) in [6, 6.07) is 8.99. The summed E-state index contributed by atoms with van der Waals surface area (Å²) in [6.45, 7) is 9.21. The van der Waals surface area contributed by atoms with Gasteiger partial charge in [0.25, 0.3) is 0 Å². The van der Waals surface area contributed by atoms with Gasteiger partial charge in [0.15, 0.2) is 0 Å². The van der Waals surface area contributed by atoms with Gasteiger partial charge in [-0.25, -0.2) is 0 Å². The van der Waals surface area contributed by atoms with Gasteiger partial charge in [0, 0.05) is 0 Å². The summed E-state index contributed by atoms with van der Waals surface area (Å²) in [5, 5.41) is 0. The average Bonchev–Trinajstić information content (AvgIpc) is 2.36. The minimum Gasteiger partial charge on any atom is -0.183 e. The van der Waals surface area contributed by atoms with E-state index in [1.807, 2.05) is 0 Å². The van der Waals surface area contributed by atoms with E-state index in [0.717, 1.165) is 0 Å². The van der Waals surface area contributed by atoms with Gasteiger partial charge in [-0.1, -0.05) is 49.2 Å². The lowest BCUT2D eigenvalue weighted by molar-refractivity contribution is 0.332. The molecular weight excluding hydrogens is 236 g/mol. The van der Waals surface area contributed by atoms with Crippen LogP contribution in [0.25, 0.3) is 5.57 Å². The van der Waals surface area contributed by atoms with Crippen molar-refractivity contribution in [3.8, 4) is 0 Å². The molecule has 0 amide bonds. The molecule has 0 atom stereocenters. The van der Waals surface area contributed by atoms with E-state index in [0.29, 0.717) is 5.41 Å². The van der Waals surface area contributed by atoms with Crippen LogP contribution in [-0.2, 0) is 0 Å². The van der Waals surface area contributed by atoms with Crippen molar-refractivity contribution in [2.75, 3.05) is 6.26 Å². The number of rotatable bonds is 1. The molecule has 0 saturated carbocycles. The first kappa shape index (κ1) is 15.4. The van der Waals surface area contributed by atoms with Gasteiger partial charge in [-0.15, -0.1) is 0 Å². The van der Waals surface area contributed by atoms with Crippen LogP contribution in [0.4, 0.5) is 0 Å². The molecule has 0 N–H and O–H groups in total. The molecule has 0 aromatic heterocycles. The topological polar surface area (TPSA) is 0 Å². The highest BCUT2D eigenvalue weighted by atomic mass is 32.1. The van der Waals surface area contributed by atoms with E-state index in [1.54, 1.807) is 17.4 Å². The third kappa shape index (κ3) is 3.91. The molecule has 0 fully saturated rings. The summed E-state index contributed by atoms with van der Waals surface area (Å²) in [6.07, 6.45) is 5.51. The van der Waals surface area contributed by atoms with Crippen LogP contribution in [0, 0.1) is 12.3 Å². The highest BCUT2D eigenvalue weighted by Crippen LogP contribution is 2.42. The smallest absolute Gasteiger partial charge is 0.0215 e. The van der Waals surface area contributed by atoms with Gasteiger partial charge in [0.1, 0.15) is 0 Å². The molecule has 100 valence electrons. The monoisotopic (exact) mass is 262 g/mol. The first-order chi connectivity index (χ1) is 8.48. The Hall–Kier alpha value is -0.690. The number of hydrogen-bond donors (Lipinski definition) is 1. The summed E-state index contributed by atoms with van der Waals surface area (Å²) >= 11 is 3.53. The summed E-state index contributed by atoms with van der Waals surface area (Å²) in [7, 11) is 0. The first-order valence-corrected chi connectivity index (χ1v) is 7.58. The second-order valence-electron chi connectivity index (χ2n) is 5.97. The highest BCUT2D eigenvalue weighted by Gasteiger charge is 2.25. The lowest BCUT2D eigenvalue weighted by Crippen LogP contribution is -2.17. The van der Waals surface area contributed by atoms with E-state index >= 15 is 0 Å². The van der Waals surface area contributed by atoms with Crippen molar-refractivity contribution in [3.05, 3.63) is 41.0 Å². The molecule has 1 aliphatic rings. The van der Waals surface area contributed by atoms with Gasteiger partial charge >= 0.3 is 0 Å². The highest BCUT2D eigenvalue weighted by molar-refractivity contribution is 7.79. The predicted octanol–water partition coefficient (Wildman–Crippen LogP) is 5.52. The fourth-order valence-corrected chi connectivity index (χ4v) is 2.50. The van der Waals surface area contributed by atoms with Crippen LogP contribution < -0.4 is 0 Å². The Labute approximate surface area is 118 Å². The summed E-state index contributed by atoms with van der Waals surface area (Å²) in [5.41, 5.74) is 6.41. The third-order valence-electron chi connectivity index (χ3n) is 3.75. The Morgan fingerprint density at radius 3 is 2.11 bits per heavy atom. The minimum atomic E-state index is 0.472. The second-order valence-corrected chi connectivity index (χ2v) is 5.97. The molecule has 0 aliphatic heterocycles. The molecule has 1 aromatic rings. The Kier molecular flexibility index (Phi) is 5.52. The van der Waals surface area contributed by atoms with Crippen molar-refractivity contribution in [1.29, 1.82) is 0 Å². The van der Waals surface area contributed by atoms with E-state index < -0.39 is 0 Å². The van der Waals surface area contributed by atoms with Crippen LogP contribution in [0.3, 0.4) is 0 Å². The fourth-order valence-electron chi connectivity index (χ4n) is 2.50. The lowest BCUT2D eigenvalue weighted by Gasteiger charge is -2.32. The van der Waals surface area contributed by atoms with Crippen molar-refractivity contribution in [1.82, 2.24) is 0 Å². The Morgan fingerprint density at radius 1 is 1.00 bits per heavy atom. The molecule has 18 heavy (non-hydrogen) atoms. The number of hydrogen-bond acceptors (Lipinski definition) is 1. The normalized spacial score (nSPS) is 18.1. The van der Waals surface area contributed by atoms with E-state index in [9.17, 15) is 0 Å². The zero-order valence-corrected chi connectivity index (χ0v) is 13.3. The van der Waals surface area contributed by atoms with Gasteiger partial charge in [-0.3, -0.25) is 0 Å². The molecule has 0 saturated heterocycles. The standard InChI is InChI=1S/C16H22.CH4S/c1-12-5-7-14(8-6-12)15-11-16(3,4)10-9-13(15)2;1-2/h5-8H,9-11H2,1-4H3;2H,1H3. The fraction of sp³-hybridized carbons (Fsp3) is 0.529. The number of thiol groups is 1. The maximum Gasteiger partial charge on any atom is -0.0215 e. The van der Waals surface area contributed by atoms with Crippen LogP contribution in [0.1, 0.15) is 51.2 Å². The van der Waals surface area contributed by atoms with E-state index in [2.05, 4.69) is 64.6 Å². The molecular formula is C17H26S. The zero-order valence-electron chi connectivity index (χ0n) is 12.4. The average molecular weight is 262 g/mol. The van der Waals surface area contributed by atoms with Gasteiger partial charge in [0.2, 0.25) is 0 Å². The van der Waals surface area contributed by atoms with Crippen molar-refractivity contribution < 1.29 is 0 Å². The van der Waals surface area contributed by atoms with Crippen LogP contribution in [-0.4, -0.2) is 6.26 Å². The molecule has 2 rings (SSSR count). The van der Waals surface area contributed by atoms with Crippen LogP contribution in [0.5, 0.6) is 0 Å². The Balaban J connectivity index is 0.000000771. The van der Waals surface area contributed by atoms with Crippen molar-refractivity contribution in [2.24, 2.45) is 5.41 Å². The Bertz CT molecular complexity index is 410. The molecule has 0 bridgehead atoms. The van der Waals surface area contributed by atoms with Crippen molar-refractivity contribution in [2.45, 2.75) is 47.0 Å². The Morgan fingerprint density at radius 2 is 1.56 bits per heavy atom. The number of allylic oxidation sites excluding steroid dienone is 2. The molecule has 0 nitrogen and oxygen atoms in total. The molecule has 0 radical (unpaired) electrons. The largest absolute Gasteiger partial charge is 0.183 e. The summed E-state index contributed by atoms with van der Waals surface area (Å²) < 4.78 is 0. The quantitative estimate of drug-likeness (QED) is 0.633. The van der Waals surface area contributed by atoms with Gasteiger partial charge in [-0.05, 0) is 55.9 Å². The van der Waals surface area contributed by atoms with E-state index in [4.69, 9.17) is 0 Å². The molecule has 1 aromatic carbocycles. The molecule has 1 heteroatoms. The van der Waals surface area contributed by atoms with Gasteiger partial charge in [0.05, 0.1) is 0 Å². The third-order valence-corrected chi connectivity index (χ3v) is 3.75. The number of benzene rings is 1. The molecule has 1 aliphatic carbocycles.